The highest BCUT2D eigenvalue weighted by molar-refractivity contribution is 5.91. The molecular formula is C18H20N3O2+. The smallest absolute Gasteiger partial charge is 0.279 e. The number of hydrogen-bond acceptors (Lipinski definition) is 3. The van der Waals surface area contributed by atoms with Crippen molar-refractivity contribution in [2.45, 2.75) is 6.54 Å². The summed E-state index contributed by atoms with van der Waals surface area (Å²) in [5, 5.41) is 12.0. The summed E-state index contributed by atoms with van der Waals surface area (Å²) < 4.78 is 5.08. The maximum atomic E-state index is 12.1. The number of likely N-dealkylation sites (N-methyl/N-ethyl adjacent to an activating group) is 1. The number of carbonyl (C=O) groups is 1. The minimum atomic E-state index is -0.0675. The zero-order valence-electron chi connectivity index (χ0n) is 13.3. The van der Waals surface area contributed by atoms with Crippen molar-refractivity contribution < 1.29 is 14.4 Å². The molecule has 2 rings (SSSR count). The Kier molecular flexibility index (Phi) is 5.73. The van der Waals surface area contributed by atoms with E-state index in [0.717, 1.165) is 21.9 Å². The van der Waals surface area contributed by atoms with E-state index in [1.54, 1.807) is 37.4 Å². The van der Waals surface area contributed by atoms with Gasteiger partial charge in [0.15, 0.2) is 6.54 Å². The molecule has 0 aromatic heterocycles. The Morgan fingerprint density at radius 1 is 1.22 bits per heavy atom. The monoisotopic (exact) mass is 310 g/mol. The van der Waals surface area contributed by atoms with Crippen LogP contribution in [0.25, 0.3) is 0 Å². The molecule has 1 unspecified atom stereocenters. The Bertz CT molecular complexity index is 705. The molecule has 0 radical (unpaired) electrons. The highest BCUT2D eigenvalue weighted by atomic mass is 16.5. The van der Waals surface area contributed by atoms with E-state index < -0.39 is 0 Å². The highest BCUT2D eigenvalue weighted by Gasteiger charge is 2.12. The summed E-state index contributed by atoms with van der Waals surface area (Å²) in [6.07, 6.45) is 0. The van der Waals surface area contributed by atoms with Gasteiger partial charge in [0.25, 0.3) is 5.91 Å². The van der Waals surface area contributed by atoms with Gasteiger partial charge in [-0.25, -0.2) is 0 Å². The number of amides is 1. The molecular weight excluding hydrogens is 290 g/mol. The number of nitriles is 1. The maximum absolute atomic E-state index is 12.1. The second-order valence-corrected chi connectivity index (χ2v) is 5.36. The van der Waals surface area contributed by atoms with Crippen LogP contribution in [-0.2, 0) is 11.3 Å². The van der Waals surface area contributed by atoms with E-state index in [-0.39, 0.29) is 5.91 Å². The van der Waals surface area contributed by atoms with E-state index in [2.05, 4.69) is 11.4 Å². The SMILES string of the molecule is COc1ccc(NC(=O)C[NH+](C)Cc2ccccc2C#N)cc1. The van der Waals surface area contributed by atoms with Crippen LogP contribution in [-0.4, -0.2) is 26.6 Å². The van der Waals surface area contributed by atoms with Crippen LogP contribution in [0.2, 0.25) is 0 Å². The van der Waals surface area contributed by atoms with Gasteiger partial charge in [-0.05, 0) is 30.3 Å². The zero-order chi connectivity index (χ0) is 16.7. The molecule has 0 saturated carbocycles. The van der Waals surface area contributed by atoms with Crippen molar-refractivity contribution >= 4 is 11.6 Å². The molecule has 2 aromatic rings. The van der Waals surface area contributed by atoms with Gasteiger partial charge in [-0.2, -0.15) is 5.26 Å². The number of nitrogens with one attached hydrogen (secondary N) is 2. The Balaban J connectivity index is 1.90. The first-order valence-electron chi connectivity index (χ1n) is 7.35. The summed E-state index contributed by atoms with van der Waals surface area (Å²) in [6, 6.07) is 16.8. The van der Waals surface area contributed by atoms with E-state index >= 15 is 0 Å². The molecule has 0 aliphatic heterocycles. The Labute approximate surface area is 136 Å². The fraction of sp³-hybridized carbons (Fsp3) is 0.222. The predicted octanol–water partition coefficient (Wildman–Crippen LogP) is 1.22. The standard InChI is InChI=1S/C18H19N3O2/c1-21(12-15-6-4-3-5-14(15)11-19)13-18(22)20-16-7-9-17(23-2)10-8-16/h3-10H,12-13H2,1-2H3,(H,20,22)/p+1. The van der Waals surface area contributed by atoms with Crippen molar-refractivity contribution in [1.29, 1.82) is 5.26 Å². The third-order valence-corrected chi connectivity index (χ3v) is 3.47. The van der Waals surface area contributed by atoms with Gasteiger partial charge in [-0.3, -0.25) is 4.79 Å². The van der Waals surface area contributed by atoms with Crippen LogP contribution in [0.1, 0.15) is 11.1 Å². The summed E-state index contributed by atoms with van der Waals surface area (Å²) in [6.45, 7) is 0.950. The number of methoxy groups -OCH3 is 1. The molecule has 1 atom stereocenters. The van der Waals surface area contributed by atoms with Crippen LogP contribution < -0.4 is 15.0 Å². The summed E-state index contributed by atoms with van der Waals surface area (Å²) in [7, 11) is 3.53. The lowest BCUT2D eigenvalue weighted by atomic mass is 10.1. The quantitative estimate of drug-likeness (QED) is 0.843. The molecule has 23 heavy (non-hydrogen) atoms. The molecule has 0 fully saturated rings. The van der Waals surface area contributed by atoms with E-state index in [9.17, 15) is 4.79 Å². The number of hydrogen-bond donors (Lipinski definition) is 2. The second-order valence-electron chi connectivity index (χ2n) is 5.36. The van der Waals surface area contributed by atoms with Crippen molar-refractivity contribution in [3.05, 3.63) is 59.7 Å². The number of nitrogens with zero attached hydrogens (tertiary/aromatic N) is 1. The fourth-order valence-corrected chi connectivity index (χ4v) is 2.32. The van der Waals surface area contributed by atoms with Crippen LogP contribution in [0.5, 0.6) is 5.75 Å². The molecule has 5 nitrogen and oxygen atoms in total. The average molecular weight is 310 g/mol. The van der Waals surface area contributed by atoms with Crippen molar-refractivity contribution in [3.8, 4) is 11.8 Å². The first-order chi connectivity index (χ1) is 11.1. The highest BCUT2D eigenvalue weighted by Crippen LogP contribution is 2.14. The van der Waals surface area contributed by atoms with Crippen LogP contribution in [0.4, 0.5) is 5.69 Å². The molecule has 0 saturated heterocycles. The number of carbonyl (C=O) groups excluding carboxylic acids is 1. The van der Waals surface area contributed by atoms with Gasteiger partial charge in [0, 0.05) is 11.3 Å². The third kappa shape index (κ3) is 4.83. The maximum Gasteiger partial charge on any atom is 0.279 e. The molecule has 0 heterocycles. The molecule has 1 amide bonds. The van der Waals surface area contributed by atoms with E-state index in [0.29, 0.717) is 18.7 Å². The zero-order valence-corrected chi connectivity index (χ0v) is 13.3. The van der Waals surface area contributed by atoms with Crippen LogP contribution in [0, 0.1) is 11.3 Å². The van der Waals surface area contributed by atoms with Crippen molar-refractivity contribution in [2.75, 3.05) is 26.0 Å². The topological polar surface area (TPSA) is 66.6 Å². The minimum absolute atomic E-state index is 0.0675. The Hall–Kier alpha value is -2.84. The summed E-state index contributed by atoms with van der Waals surface area (Å²) in [5.74, 6) is 0.681. The number of rotatable bonds is 6. The lowest BCUT2D eigenvalue weighted by Crippen LogP contribution is -3.08. The van der Waals surface area contributed by atoms with Crippen molar-refractivity contribution in [3.63, 3.8) is 0 Å². The van der Waals surface area contributed by atoms with Crippen molar-refractivity contribution in [1.82, 2.24) is 0 Å². The van der Waals surface area contributed by atoms with Crippen molar-refractivity contribution in [2.24, 2.45) is 0 Å². The third-order valence-electron chi connectivity index (χ3n) is 3.47. The number of quaternary nitrogens is 1. The van der Waals surface area contributed by atoms with Crippen LogP contribution in [0.15, 0.2) is 48.5 Å². The number of anilines is 1. The lowest BCUT2D eigenvalue weighted by Gasteiger charge is -2.14. The summed E-state index contributed by atoms with van der Waals surface area (Å²) in [4.78, 5) is 13.1. The van der Waals surface area contributed by atoms with Crippen LogP contribution >= 0.6 is 0 Å². The molecule has 0 aliphatic rings. The van der Waals surface area contributed by atoms with Gasteiger partial charge in [-0.15, -0.1) is 0 Å². The second kappa shape index (κ2) is 7.97. The van der Waals surface area contributed by atoms with Gasteiger partial charge in [-0.1, -0.05) is 18.2 Å². The molecule has 2 aromatic carbocycles. The molecule has 0 bridgehead atoms. The van der Waals surface area contributed by atoms with E-state index in [1.807, 2.05) is 25.2 Å². The first kappa shape index (κ1) is 16.5. The lowest BCUT2D eigenvalue weighted by molar-refractivity contribution is -0.885. The molecule has 118 valence electrons. The Morgan fingerprint density at radius 2 is 1.91 bits per heavy atom. The van der Waals surface area contributed by atoms with Crippen LogP contribution in [0.3, 0.4) is 0 Å². The molecule has 0 spiro atoms. The van der Waals surface area contributed by atoms with Gasteiger partial charge in [0.05, 0.1) is 25.8 Å². The first-order valence-corrected chi connectivity index (χ1v) is 7.35. The van der Waals surface area contributed by atoms with Gasteiger partial charge < -0.3 is 15.0 Å². The molecule has 0 aliphatic carbocycles. The normalized spacial score (nSPS) is 11.3. The van der Waals surface area contributed by atoms with Gasteiger partial charge >= 0.3 is 0 Å². The summed E-state index contributed by atoms with van der Waals surface area (Å²) in [5.41, 5.74) is 2.34. The fourth-order valence-electron chi connectivity index (χ4n) is 2.32. The number of ether oxygens (including phenoxy) is 1. The minimum Gasteiger partial charge on any atom is -0.497 e. The predicted molar refractivity (Wildman–Crippen MR) is 88.2 cm³/mol. The number of benzene rings is 2. The largest absolute Gasteiger partial charge is 0.497 e. The molecule has 5 heteroatoms. The van der Waals surface area contributed by atoms with E-state index in [1.165, 1.54) is 0 Å². The van der Waals surface area contributed by atoms with Gasteiger partial charge in [0.1, 0.15) is 12.3 Å². The van der Waals surface area contributed by atoms with E-state index in [4.69, 9.17) is 10.00 Å². The van der Waals surface area contributed by atoms with Gasteiger partial charge in [0.2, 0.25) is 0 Å². The Morgan fingerprint density at radius 3 is 2.57 bits per heavy atom. The summed E-state index contributed by atoms with van der Waals surface area (Å²) >= 11 is 0. The average Bonchev–Trinajstić information content (AvgIpc) is 2.55. The molecule has 2 N–H and O–H groups in total.